The lowest BCUT2D eigenvalue weighted by atomic mass is 10.1. The summed E-state index contributed by atoms with van der Waals surface area (Å²) in [4.78, 5) is 0. The first kappa shape index (κ1) is 14.2. The summed E-state index contributed by atoms with van der Waals surface area (Å²) in [5, 5.41) is 6.44. The van der Waals surface area contributed by atoms with E-state index in [2.05, 4.69) is 47.1 Å². The van der Waals surface area contributed by atoms with Gasteiger partial charge in [0.1, 0.15) is 0 Å². The second-order valence-corrected chi connectivity index (χ2v) is 5.58. The zero-order valence-corrected chi connectivity index (χ0v) is 13.1. The van der Waals surface area contributed by atoms with Crippen molar-refractivity contribution in [2.45, 2.75) is 33.5 Å². The van der Waals surface area contributed by atoms with Gasteiger partial charge in [-0.2, -0.15) is 5.10 Å². The fraction of sp³-hybridized carbons (Fsp3) is 0.312. The number of benzene rings is 1. The molecule has 0 atom stereocenters. The molecule has 5 heteroatoms. The van der Waals surface area contributed by atoms with E-state index < -0.39 is 0 Å². The molecular weight excluding hydrogens is 284 g/mol. The molecule has 0 saturated carbocycles. The minimum absolute atomic E-state index is 0.549. The Balaban J connectivity index is 2.06. The van der Waals surface area contributed by atoms with Gasteiger partial charge in [-0.3, -0.25) is 4.68 Å². The molecule has 0 aliphatic carbocycles. The topological polar surface area (TPSA) is 48.8 Å². The molecule has 110 valence electrons. The van der Waals surface area contributed by atoms with Gasteiger partial charge in [0.2, 0.25) is 0 Å². The maximum atomic E-state index is 6.40. The number of nitrogens with two attached hydrogens (primary N) is 1. The predicted molar refractivity (Wildman–Crippen MR) is 86.6 cm³/mol. The molecule has 0 spiro atoms. The van der Waals surface area contributed by atoms with Crippen molar-refractivity contribution in [3.05, 3.63) is 52.4 Å². The van der Waals surface area contributed by atoms with Crippen molar-refractivity contribution < 1.29 is 0 Å². The van der Waals surface area contributed by atoms with Crippen LogP contribution in [0.1, 0.15) is 23.9 Å². The van der Waals surface area contributed by atoms with E-state index in [4.69, 9.17) is 17.3 Å². The lowest BCUT2D eigenvalue weighted by Crippen LogP contribution is -2.08. The van der Waals surface area contributed by atoms with E-state index in [0.717, 1.165) is 28.5 Å². The number of aromatic nitrogens is 3. The summed E-state index contributed by atoms with van der Waals surface area (Å²) in [5.74, 6) is 0. The lowest BCUT2D eigenvalue weighted by molar-refractivity contribution is 0.602. The molecule has 2 aromatic heterocycles. The Bertz CT molecular complexity index is 785. The molecule has 21 heavy (non-hydrogen) atoms. The van der Waals surface area contributed by atoms with Gasteiger partial charge in [0.15, 0.2) is 0 Å². The summed E-state index contributed by atoms with van der Waals surface area (Å²) in [6.07, 6.45) is 2.09. The van der Waals surface area contributed by atoms with Crippen LogP contribution in [0.15, 0.2) is 30.5 Å². The Labute approximate surface area is 129 Å². The summed E-state index contributed by atoms with van der Waals surface area (Å²) in [5.41, 5.74) is 9.98. The molecule has 4 nitrogen and oxygen atoms in total. The molecule has 0 saturated heterocycles. The van der Waals surface area contributed by atoms with Crippen molar-refractivity contribution in [2.24, 2.45) is 5.73 Å². The average Bonchev–Trinajstić information content (AvgIpc) is 3.02. The standard InChI is InChI=1S/C16H19ClN4/c1-3-21-15(16(17)11(2)19-21)10-20-7-6-13-5-4-12(9-18)8-14(13)20/h4-8H,3,9-10,18H2,1-2H3. The number of fused-ring (bicyclic) bond motifs is 1. The molecule has 0 unspecified atom stereocenters. The maximum Gasteiger partial charge on any atom is 0.0865 e. The lowest BCUT2D eigenvalue weighted by Gasteiger charge is -2.09. The van der Waals surface area contributed by atoms with E-state index in [0.29, 0.717) is 13.1 Å². The second kappa shape index (κ2) is 5.54. The molecule has 2 heterocycles. The number of hydrogen-bond donors (Lipinski definition) is 1. The van der Waals surface area contributed by atoms with Crippen molar-refractivity contribution >= 4 is 22.5 Å². The van der Waals surface area contributed by atoms with E-state index >= 15 is 0 Å². The molecule has 0 bridgehead atoms. The number of nitrogens with zero attached hydrogens (tertiary/aromatic N) is 3. The third-order valence-corrected chi connectivity index (χ3v) is 4.34. The first-order chi connectivity index (χ1) is 10.1. The number of halogens is 1. The molecule has 0 aliphatic rings. The second-order valence-electron chi connectivity index (χ2n) is 5.20. The van der Waals surface area contributed by atoms with Crippen LogP contribution < -0.4 is 5.73 Å². The Hall–Kier alpha value is -1.78. The highest BCUT2D eigenvalue weighted by molar-refractivity contribution is 6.31. The van der Waals surface area contributed by atoms with Gasteiger partial charge in [-0.25, -0.2) is 0 Å². The first-order valence-corrected chi connectivity index (χ1v) is 7.51. The van der Waals surface area contributed by atoms with Crippen LogP contribution in [-0.2, 0) is 19.6 Å². The van der Waals surface area contributed by atoms with Gasteiger partial charge in [-0.15, -0.1) is 0 Å². The van der Waals surface area contributed by atoms with Gasteiger partial charge < -0.3 is 10.3 Å². The quantitative estimate of drug-likeness (QED) is 0.803. The van der Waals surface area contributed by atoms with Crippen LogP contribution in [0.4, 0.5) is 0 Å². The molecule has 2 N–H and O–H groups in total. The Kier molecular flexibility index (Phi) is 3.74. The minimum atomic E-state index is 0.549. The van der Waals surface area contributed by atoms with Crippen LogP contribution in [0.25, 0.3) is 10.9 Å². The Morgan fingerprint density at radius 2 is 2.10 bits per heavy atom. The zero-order valence-electron chi connectivity index (χ0n) is 12.3. The summed E-state index contributed by atoms with van der Waals surface area (Å²) < 4.78 is 4.17. The van der Waals surface area contributed by atoms with Crippen LogP contribution in [0.2, 0.25) is 5.02 Å². The van der Waals surface area contributed by atoms with Gasteiger partial charge in [-0.1, -0.05) is 23.7 Å². The number of aryl methyl sites for hydroxylation is 2. The summed E-state index contributed by atoms with van der Waals surface area (Å²) in [6.45, 7) is 6.10. The number of hydrogen-bond acceptors (Lipinski definition) is 2. The van der Waals surface area contributed by atoms with Crippen LogP contribution in [0, 0.1) is 6.92 Å². The first-order valence-electron chi connectivity index (χ1n) is 7.13. The summed E-state index contributed by atoms with van der Waals surface area (Å²) in [7, 11) is 0. The predicted octanol–water partition coefficient (Wildman–Crippen LogP) is 3.33. The maximum absolute atomic E-state index is 6.40. The monoisotopic (exact) mass is 302 g/mol. The third-order valence-electron chi connectivity index (χ3n) is 3.85. The van der Waals surface area contributed by atoms with Crippen LogP contribution in [-0.4, -0.2) is 14.3 Å². The SMILES string of the molecule is CCn1nc(C)c(Cl)c1Cn1ccc2ccc(CN)cc21. The van der Waals surface area contributed by atoms with Gasteiger partial charge in [-0.05, 0) is 36.9 Å². The van der Waals surface area contributed by atoms with E-state index in [1.165, 1.54) is 10.9 Å². The number of rotatable bonds is 4. The summed E-state index contributed by atoms with van der Waals surface area (Å²) >= 11 is 6.40. The Morgan fingerprint density at radius 3 is 2.81 bits per heavy atom. The van der Waals surface area contributed by atoms with Crippen LogP contribution >= 0.6 is 11.6 Å². The van der Waals surface area contributed by atoms with Gasteiger partial charge in [0.05, 0.1) is 23.0 Å². The van der Waals surface area contributed by atoms with Crippen molar-refractivity contribution in [1.82, 2.24) is 14.3 Å². The van der Waals surface area contributed by atoms with Gasteiger partial charge in [0, 0.05) is 24.8 Å². The van der Waals surface area contributed by atoms with E-state index in [-0.39, 0.29) is 0 Å². The van der Waals surface area contributed by atoms with Crippen molar-refractivity contribution in [3.63, 3.8) is 0 Å². The molecule has 3 rings (SSSR count). The summed E-state index contributed by atoms with van der Waals surface area (Å²) in [6, 6.07) is 8.43. The van der Waals surface area contributed by atoms with Crippen molar-refractivity contribution in [1.29, 1.82) is 0 Å². The normalized spacial score (nSPS) is 11.4. The molecule has 1 aromatic carbocycles. The van der Waals surface area contributed by atoms with Crippen LogP contribution in [0.5, 0.6) is 0 Å². The average molecular weight is 303 g/mol. The van der Waals surface area contributed by atoms with E-state index in [1.54, 1.807) is 0 Å². The molecular formula is C16H19ClN4. The molecule has 0 amide bonds. The Morgan fingerprint density at radius 1 is 1.29 bits per heavy atom. The van der Waals surface area contributed by atoms with E-state index in [9.17, 15) is 0 Å². The largest absolute Gasteiger partial charge is 0.341 e. The van der Waals surface area contributed by atoms with Crippen molar-refractivity contribution in [3.8, 4) is 0 Å². The minimum Gasteiger partial charge on any atom is -0.341 e. The van der Waals surface area contributed by atoms with Gasteiger partial charge >= 0.3 is 0 Å². The molecule has 3 aromatic rings. The zero-order chi connectivity index (χ0) is 15.0. The molecule has 0 aliphatic heterocycles. The smallest absolute Gasteiger partial charge is 0.0865 e. The highest BCUT2D eigenvalue weighted by Crippen LogP contribution is 2.24. The molecule has 0 radical (unpaired) electrons. The third kappa shape index (κ3) is 2.45. The fourth-order valence-electron chi connectivity index (χ4n) is 2.68. The van der Waals surface area contributed by atoms with Crippen LogP contribution in [0.3, 0.4) is 0 Å². The highest BCUT2D eigenvalue weighted by Gasteiger charge is 2.13. The van der Waals surface area contributed by atoms with Crippen molar-refractivity contribution in [2.75, 3.05) is 0 Å². The van der Waals surface area contributed by atoms with E-state index in [1.807, 2.05) is 11.6 Å². The fourth-order valence-corrected chi connectivity index (χ4v) is 2.87. The van der Waals surface area contributed by atoms with Gasteiger partial charge in [0.25, 0.3) is 0 Å². The highest BCUT2D eigenvalue weighted by atomic mass is 35.5. The molecule has 0 fully saturated rings.